The molecule has 4 rings (SSSR count). The number of fused-ring (bicyclic) bond motifs is 1. The number of sulfonamides is 1. The molecule has 9 heteroatoms. The average molecular weight is 420 g/mol. The predicted molar refractivity (Wildman–Crippen MR) is 106 cm³/mol. The van der Waals surface area contributed by atoms with Crippen molar-refractivity contribution in [1.29, 1.82) is 0 Å². The molecule has 146 valence electrons. The summed E-state index contributed by atoms with van der Waals surface area (Å²) in [6.07, 6.45) is 0.884. The van der Waals surface area contributed by atoms with Gasteiger partial charge in [0.1, 0.15) is 5.82 Å². The van der Waals surface area contributed by atoms with Crippen LogP contribution < -0.4 is 5.32 Å². The average Bonchev–Trinajstić information content (AvgIpc) is 3.10. The van der Waals surface area contributed by atoms with Crippen molar-refractivity contribution in [3.8, 4) is 0 Å². The highest BCUT2D eigenvalue weighted by Crippen LogP contribution is 2.29. The first-order valence-corrected chi connectivity index (χ1v) is 11.1. The maximum atomic E-state index is 13.3. The van der Waals surface area contributed by atoms with E-state index in [0.717, 1.165) is 0 Å². The normalized spacial score (nSPS) is 16.3. The van der Waals surface area contributed by atoms with Gasteiger partial charge in [0, 0.05) is 19.0 Å². The number of benzene rings is 2. The molecular formula is C19H18FN3O3S2. The summed E-state index contributed by atoms with van der Waals surface area (Å²) in [6.45, 7) is 0.584. The van der Waals surface area contributed by atoms with Crippen LogP contribution in [0.2, 0.25) is 0 Å². The number of anilines is 1. The van der Waals surface area contributed by atoms with E-state index in [1.165, 1.54) is 27.8 Å². The fraction of sp³-hybridized carbons (Fsp3) is 0.263. The van der Waals surface area contributed by atoms with Crippen LogP contribution in [-0.4, -0.2) is 36.7 Å². The molecule has 2 heterocycles. The highest BCUT2D eigenvalue weighted by Gasteiger charge is 2.32. The number of aromatic nitrogens is 1. The van der Waals surface area contributed by atoms with Crippen LogP contribution in [0.25, 0.3) is 10.2 Å². The van der Waals surface area contributed by atoms with Crippen LogP contribution in [0.3, 0.4) is 0 Å². The number of carbonyl (C=O) groups is 1. The Hall–Kier alpha value is -2.36. The minimum absolute atomic E-state index is 0.184. The molecule has 1 N–H and O–H groups in total. The SMILES string of the molecule is O=C(Nc1nc2ccc(F)cc2s1)C1CCN(S(=O)(=O)c2ccccc2)CC1. The maximum Gasteiger partial charge on any atom is 0.243 e. The van der Waals surface area contributed by atoms with E-state index in [1.807, 2.05) is 0 Å². The highest BCUT2D eigenvalue weighted by molar-refractivity contribution is 7.89. The number of piperidine rings is 1. The number of halogens is 1. The zero-order valence-electron chi connectivity index (χ0n) is 14.8. The predicted octanol–water partition coefficient (Wildman–Crippen LogP) is 3.47. The molecule has 1 aliphatic rings. The molecule has 0 bridgehead atoms. The molecule has 1 fully saturated rings. The summed E-state index contributed by atoms with van der Waals surface area (Å²) in [5.74, 6) is -0.816. The lowest BCUT2D eigenvalue weighted by Crippen LogP contribution is -2.41. The second-order valence-electron chi connectivity index (χ2n) is 6.61. The monoisotopic (exact) mass is 419 g/mol. The van der Waals surface area contributed by atoms with Crippen molar-refractivity contribution in [3.05, 3.63) is 54.3 Å². The summed E-state index contributed by atoms with van der Waals surface area (Å²) in [4.78, 5) is 17.1. The van der Waals surface area contributed by atoms with Crippen LogP contribution in [-0.2, 0) is 14.8 Å². The van der Waals surface area contributed by atoms with Crippen molar-refractivity contribution in [3.63, 3.8) is 0 Å². The number of carbonyl (C=O) groups excluding carboxylic acids is 1. The third-order valence-corrected chi connectivity index (χ3v) is 7.63. The van der Waals surface area contributed by atoms with E-state index >= 15 is 0 Å². The molecule has 2 aromatic carbocycles. The lowest BCUT2D eigenvalue weighted by molar-refractivity contribution is -0.120. The van der Waals surface area contributed by atoms with Crippen LogP contribution >= 0.6 is 11.3 Å². The van der Waals surface area contributed by atoms with Gasteiger partial charge in [0.15, 0.2) is 5.13 Å². The van der Waals surface area contributed by atoms with E-state index < -0.39 is 10.0 Å². The number of hydrogen-bond donors (Lipinski definition) is 1. The Bertz CT molecular complexity index is 1110. The van der Waals surface area contributed by atoms with E-state index in [4.69, 9.17) is 0 Å². The van der Waals surface area contributed by atoms with Crippen LogP contribution in [0.5, 0.6) is 0 Å². The zero-order chi connectivity index (χ0) is 19.7. The quantitative estimate of drug-likeness (QED) is 0.702. The molecule has 0 saturated carbocycles. The Kier molecular flexibility index (Phi) is 5.13. The van der Waals surface area contributed by atoms with E-state index in [2.05, 4.69) is 10.3 Å². The van der Waals surface area contributed by atoms with Gasteiger partial charge in [-0.1, -0.05) is 29.5 Å². The Labute approximate surface area is 166 Å². The summed E-state index contributed by atoms with van der Waals surface area (Å²) in [5, 5.41) is 3.21. The van der Waals surface area contributed by atoms with Crippen LogP contribution in [0.1, 0.15) is 12.8 Å². The first-order chi connectivity index (χ1) is 13.4. The number of hydrogen-bond acceptors (Lipinski definition) is 5. The van der Waals surface area contributed by atoms with Gasteiger partial charge in [0.05, 0.1) is 15.1 Å². The Balaban J connectivity index is 1.39. The summed E-state index contributed by atoms with van der Waals surface area (Å²) in [7, 11) is -3.54. The molecule has 1 aliphatic heterocycles. The van der Waals surface area contributed by atoms with Crippen LogP contribution in [0, 0.1) is 11.7 Å². The maximum absolute atomic E-state index is 13.3. The molecule has 0 atom stereocenters. The molecule has 0 spiro atoms. The van der Waals surface area contributed by atoms with Crippen molar-refractivity contribution >= 4 is 42.6 Å². The minimum atomic E-state index is -3.54. The Morgan fingerprint density at radius 1 is 1.14 bits per heavy atom. The largest absolute Gasteiger partial charge is 0.302 e. The Morgan fingerprint density at radius 3 is 2.57 bits per heavy atom. The number of nitrogens with zero attached hydrogens (tertiary/aromatic N) is 2. The third-order valence-electron chi connectivity index (χ3n) is 4.79. The first kappa shape index (κ1) is 19.0. The first-order valence-electron chi connectivity index (χ1n) is 8.85. The molecule has 0 unspecified atom stereocenters. The summed E-state index contributed by atoms with van der Waals surface area (Å²) < 4.78 is 40.7. The van der Waals surface area contributed by atoms with Crippen molar-refractivity contribution in [1.82, 2.24) is 9.29 Å². The fourth-order valence-electron chi connectivity index (χ4n) is 3.26. The summed E-state index contributed by atoms with van der Waals surface area (Å²) >= 11 is 1.22. The van der Waals surface area contributed by atoms with Crippen molar-refractivity contribution in [2.24, 2.45) is 5.92 Å². The van der Waals surface area contributed by atoms with Gasteiger partial charge in [-0.25, -0.2) is 17.8 Å². The second kappa shape index (κ2) is 7.57. The van der Waals surface area contributed by atoms with Gasteiger partial charge in [-0.3, -0.25) is 4.79 Å². The lowest BCUT2D eigenvalue weighted by Gasteiger charge is -2.30. The number of thiazole rings is 1. The molecular weight excluding hydrogens is 401 g/mol. The Morgan fingerprint density at radius 2 is 1.86 bits per heavy atom. The number of amides is 1. The van der Waals surface area contributed by atoms with Crippen molar-refractivity contribution in [2.75, 3.05) is 18.4 Å². The van der Waals surface area contributed by atoms with Crippen LogP contribution in [0.4, 0.5) is 9.52 Å². The number of nitrogens with one attached hydrogen (secondary N) is 1. The molecule has 0 aliphatic carbocycles. The lowest BCUT2D eigenvalue weighted by atomic mass is 9.97. The van der Waals surface area contributed by atoms with Crippen LogP contribution in [0.15, 0.2) is 53.4 Å². The fourth-order valence-corrected chi connectivity index (χ4v) is 5.64. The summed E-state index contributed by atoms with van der Waals surface area (Å²) in [6, 6.07) is 12.6. The number of rotatable bonds is 4. The third kappa shape index (κ3) is 3.78. The van der Waals surface area contributed by atoms with E-state index in [9.17, 15) is 17.6 Å². The standard InChI is InChI=1S/C19H18FN3O3S2/c20-14-6-7-16-17(12-14)27-19(21-16)22-18(24)13-8-10-23(11-9-13)28(25,26)15-4-2-1-3-5-15/h1-7,12-13H,8-11H2,(H,21,22,24). The van der Waals surface area contributed by atoms with Gasteiger partial charge in [-0.15, -0.1) is 0 Å². The molecule has 6 nitrogen and oxygen atoms in total. The highest BCUT2D eigenvalue weighted by atomic mass is 32.2. The summed E-state index contributed by atoms with van der Waals surface area (Å²) in [5.41, 5.74) is 0.630. The van der Waals surface area contributed by atoms with Crippen molar-refractivity contribution in [2.45, 2.75) is 17.7 Å². The molecule has 1 amide bonds. The van der Waals surface area contributed by atoms with Gasteiger partial charge in [0.25, 0.3) is 0 Å². The van der Waals surface area contributed by atoms with Gasteiger partial charge in [-0.05, 0) is 43.2 Å². The molecule has 1 aromatic heterocycles. The minimum Gasteiger partial charge on any atom is -0.302 e. The van der Waals surface area contributed by atoms with E-state index in [-0.39, 0.29) is 22.5 Å². The van der Waals surface area contributed by atoms with Gasteiger partial charge in [0.2, 0.25) is 15.9 Å². The molecule has 3 aromatic rings. The topological polar surface area (TPSA) is 79.4 Å². The van der Waals surface area contributed by atoms with Crippen molar-refractivity contribution < 1.29 is 17.6 Å². The molecule has 28 heavy (non-hydrogen) atoms. The van der Waals surface area contributed by atoms with Gasteiger partial charge >= 0.3 is 0 Å². The smallest absolute Gasteiger partial charge is 0.243 e. The van der Waals surface area contributed by atoms with E-state index in [0.29, 0.717) is 41.3 Å². The van der Waals surface area contributed by atoms with Gasteiger partial charge in [-0.2, -0.15) is 4.31 Å². The van der Waals surface area contributed by atoms with E-state index in [1.54, 1.807) is 36.4 Å². The molecule has 1 saturated heterocycles. The zero-order valence-corrected chi connectivity index (χ0v) is 16.5. The van der Waals surface area contributed by atoms with Gasteiger partial charge < -0.3 is 5.32 Å². The molecule has 0 radical (unpaired) electrons. The second-order valence-corrected chi connectivity index (χ2v) is 9.58.